The third-order valence-electron chi connectivity index (χ3n) is 4.77. The maximum atomic E-state index is 12.5. The molecule has 0 atom stereocenters. The fraction of sp³-hybridized carbons (Fsp3) is 0.400. The van der Waals surface area contributed by atoms with Gasteiger partial charge < -0.3 is 9.64 Å². The van der Waals surface area contributed by atoms with Crippen molar-refractivity contribution in [1.82, 2.24) is 4.90 Å². The molecule has 146 valence electrons. The third-order valence-corrected chi connectivity index (χ3v) is 6.16. The van der Waals surface area contributed by atoms with E-state index in [-0.39, 0.29) is 4.90 Å². The number of methoxy groups -OCH3 is 1. The van der Waals surface area contributed by atoms with E-state index in [9.17, 15) is 8.42 Å². The van der Waals surface area contributed by atoms with Gasteiger partial charge in [-0.05, 0) is 61.5 Å². The van der Waals surface area contributed by atoms with Crippen LogP contribution in [0.3, 0.4) is 0 Å². The van der Waals surface area contributed by atoms with Gasteiger partial charge in [-0.2, -0.15) is 0 Å². The molecule has 27 heavy (non-hydrogen) atoms. The maximum Gasteiger partial charge on any atom is 0.261 e. The lowest BCUT2D eigenvalue weighted by atomic mass is 10.2. The molecule has 6 nitrogen and oxygen atoms in total. The van der Waals surface area contributed by atoms with Gasteiger partial charge in [0.05, 0.1) is 12.0 Å². The molecule has 1 heterocycles. The normalized spacial score (nSPS) is 15.6. The SMILES string of the molecule is CCCN1CCN(c2ccc(NS(=O)(=O)c3ccc(OC)cc3)cc2)CC1. The largest absolute Gasteiger partial charge is 0.497 e. The summed E-state index contributed by atoms with van der Waals surface area (Å²) in [5.74, 6) is 0.623. The van der Waals surface area contributed by atoms with Crippen LogP contribution >= 0.6 is 0 Å². The highest BCUT2D eigenvalue weighted by atomic mass is 32.2. The molecule has 0 amide bonds. The monoisotopic (exact) mass is 389 g/mol. The van der Waals surface area contributed by atoms with Crippen molar-refractivity contribution in [3.63, 3.8) is 0 Å². The minimum absolute atomic E-state index is 0.208. The second-order valence-corrected chi connectivity index (χ2v) is 8.34. The van der Waals surface area contributed by atoms with E-state index in [0.29, 0.717) is 11.4 Å². The van der Waals surface area contributed by atoms with Gasteiger partial charge in [0.15, 0.2) is 0 Å². The molecule has 0 saturated carbocycles. The highest BCUT2D eigenvalue weighted by molar-refractivity contribution is 7.92. The number of benzene rings is 2. The van der Waals surface area contributed by atoms with Crippen LogP contribution in [0.2, 0.25) is 0 Å². The van der Waals surface area contributed by atoms with E-state index in [1.807, 2.05) is 24.3 Å². The predicted octanol–water partition coefficient (Wildman–Crippen LogP) is 3.03. The Kier molecular flexibility index (Phi) is 6.23. The molecule has 1 N–H and O–H groups in total. The van der Waals surface area contributed by atoms with Crippen LogP contribution in [-0.2, 0) is 10.0 Å². The molecule has 0 radical (unpaired) electrons. The number of nitrogens with one attached hydrogen (secondary N) is 1. The molecule has 0 spiro atoms. The van der Waals surface area contributed by atoms with Crippen molar-refractivity contribution < 1.29 is 13.2 Å². The first-order valence-corrected chi connectivity index (χ1v) is 10.7. The summed E-state index contributed by atoms with van der Waals surface area (Å²) in [5, 5.41) is 0. The first-order chi connectivity index (χ1) is 13.0. The molecule has 0 aromatic heterocycles. The summed E-state index contributed by atoms with van der Waals surface area (Å²) in [7, 11) is -2.07. The average Bonchev–Trinajstić information content (AvgIpc) is 2.69. The van der Waals surface area contributed by atoms with Crippen molar-refractivity contribution in [2.45, 2.75) is 18.2 Å². The lowest BCUT2D eigenvalue weighted by Crippen LogP contribution is -2.46. The van der Waals surface area contributed by atoms with Crippen molar-refractivity contribution in [2.24, 2.45) is 0 Å². The van der Waals surface area contributed by atoms with Crippen LogP contribution in [-0.4, -0.2) is 53.2 Å². The average molecular weight is 390 g/mol. The first kappa shape index (κ1) is 19.5. The van der Waals surface area contributed by atoms with Crippen molar-refractivity contribution in [2.75, 3.05) is 49.5 Å². The smallest absolute Gasteiger partial charge is 0.261 e. The zero-order valence-corrected chi connectivity index (χ0v) is 16.7. The van der Waals surface area contributed by atoms with Crippen LogP contribution in [0, 0.1) is 0 Å². The van der Waals surface area contributed by atoms with Gasteiger partial charge in [0.1, 0.15) is 5.75 Å². The van der Waals surface area contributed by atoms with Gasteiger partial charge in [-0.3, -0.25) is 9.62 Å². The van der Waals surface area contributed by atoms with E-state index in [1.54, 1.807) is 19.2 Å². The standard InChI is InChI=1S/C20H27N3O3S/c1-3-12-22-13-15-23(16-14-22)18-6-4-17(5-7-18)21-27(24,25)20-10-8-19(26-2)9-11-20/h4-11,21H,3,12-16H2,1-2H3. The minimum atomic E-state index is -3.62. The van der Waals surface area contributed by atoms with E-state index in [4.69, 9.17) is 4.74 Å². The van der Waals surface area contributed by atoms with Crippen molar-refractivity contribution in [3.05, 3.63) is 48.5 Å². The minimum Gasteiger partial charge on any atom is -0.497 e. The van der Waals surface area contributed by atoms with Gasteiger partial charge >= 0.3 is 0 Å². The first-order valence-electron chi connectivity index (χ1n) is 9.26. The predicted molar refractivity (Wildman–Crippen MR) is 109 cm³/mol. The Morgan fingerprint density at radius 3 is 2.15 bits per heavy atom. The fourth-order valence-corrected chi connectivity index (χ4v) is 4.31. The fourth-order valence-electron chi connectivity index (χ4n) is 3.26. The van der Waals surface area contributed by atoms with E-state index < -0.39 is 10.0 Å². The molecular weight excluding hydrogens is 362 g/mol. The number of ether oxygens (including phenoxy) is 1. The summed E-state index contributed by atoms with van der Waals surface area (Å²) < 4.78 is 32.7. The van der Waals surface area contributed by atoms with Crippen LogP contribution in [0.1, 0.15) is 13.3 Å². The summed E-state index contributed by atoms with van der Waals surface area (Å²) in [6.07, 6.45) is 1.18. The highest BCUT2D eigenvalue weighted by Gasteiger charge is 2.17. The third kappa shape index (κ3) is 4.93. The Morgan fingerprint density at radius 1 is 0.963 bits per heavy atom. The zero-order valence-electron chi connectivity index (χ0n) is 15.9. The molecule has 1 aliphatic rings. The highest BCUT2D eigenvalue weighted by Crippen LogP contribution is 2.23. The number of hydrogen-bond acceptors (Lipinski definition) is 5. The molecule has 0 aliphatic carbocycles. The van der Waals surface area contributed by atoms with E-state index in [1.165, 1.54) is 18.6 Å². The number of nitrogens with zero attached hydrogens (tertiary/aromatic N) is 2. The molecule has 7 heteroatoms. The van der Waals surface area contributed by atoms with E-state index in [0.717, 1.165) is 38.4 Å². The molecule has 2 aromatic rings. The van der Waals surface area contributed by atoms with Gasteiger partial charge in [-0.25, -0.2) is 8.42 Å². The molecule has 0 unspecified atom stereocenters. The summed E-state index contributed by atoms with van der Waals surface area (Å²) in [6, 6.07) is 13.9. The van der Waals surface area contributed by atoms with Crippen molar-refractivity contribution in [1.29, 1.82) is 0 Å². The van der Waals surface area contributed by atoms with Gasteiger partial charge in [-0.15, -0.1) is 0 Å². The molecule has 2 aromatic carbocycles. The quantitative estimate of drug-likeness (QED) is 0.789. The second kappa shape index (κ2) is 8.63. The molecular formula is C20H27N3O3S. The Hall–Kier alpha value is -2.25. The van der Waals surface area contributed by atoms with Crippen LogP contribution in [0.15, 0.2) is 53.4 Å². The zero-order chi connectivity index (χ0) is 19.3. The molecule has 0 bridgehead atoms. The summed E-state index contributed by atoms with van der Waals surface area (Å²) in [6.45, 7) is 7.49. The van der Waals surface area contributed by atoms with E-state index >= 15 is 0 Å². The summed E-state index contributed by atoms with van der Waals surface area (Å²) >= 11 is 0. The Balaban J connectivity index is 1.63. The Labute approximate surface area is 161 Å². The van der Waals surface area contributed by atoms with E-state index in [2.05, 4.69) is 21.4 Å². The second-order valence-electron chi connectivity index (χ2n) is 6.66. The topological polar surface area (TPSA) is 61.9 Å². The van der Waals surface area contributed by atoms with Gasteiger partial charge in [0.2, 0.25) is 0 Å². The number of anilines is 2. The lowest BCUT2D eigenvalue weighted by molar-refractivity contribution is 0.258. The Morgan fingerprint density at radius 2 is 1.59 bits per heavy atom. The summed E-state index contributed by atoms with van der Waals surface area (Å²) in [4.78, 5) is 5.03. The molecule has 3 rings (SSSR count). The number of rotatable bonds is 7. The van der Waals surface area contributed by atoms with Crippen molar-refractivity contribution >= 4 is 21.4 Å². The van der Waals surface area contributed by atoms with Crippen LogP contribution in [0.25, 0.3) is 0 Å². The number of sulfonamides is 1. The Bertz CT molecular complexity index is 828. The van der Waals surface area contributed by atoms with Crippen molar-refractivity contribution in [3.8, 4) is 5.75 Å². The molecule has 1 saturated heterocycles. The number of hydrogen-bond donors (Lipinski definition) is 1. The number of piperazine rings is 1. The van der Waals surface area contributed by atoms with Crippen LogP contribution < -0.4 is 14.4 Å². The van der Waals surface area contributed by atoms with Gasteiger partial charge in [0, 0.05) is 37.6 Å². The van der Waals surface area contributed by atoms with Gasteiger partial charge in [0.25, 0.3) is 10.0 Å². The molecule has 1 aliphatic heterocycles. The maximum absolute atomic E-state index is 12.5. The van der Waals surface area contributed by atoms with Crippen LogP contribution in [0.5, 0.6) is 5.75 Å². The van der Waals surface area contributed by atoms with Crippen LogP contribution in [0.4, 0.5) is 11.4 Å². The van der Waals surface area contributed by atoms with Gasteiger partial charge in [-0.1, -0.05) is 6.92 Å². The lowest BCUT2D eigenvalue weighted by Gasteiger charge is -2.36. The summed E-state index contributed by atoms with van der Waals surface area (Å²) in [5.41, 5.74) is 1.68. The molecule has 1 fully saturated rings.